The second kappa shape index (κ2) is 6.04. The number of carbonyl (C=O) groups excluding carboxylic acids is 1. The summed E-state index contributed by atoms with van der Waals surface area (Å²) in [6, 6.07) is 1.95. The van der Waals surface area contributed by atoms with Crippen LogP contribution in [0.4, 0.5) is 0 Å². The zero-order chi connectivity index (χ0) is 15.8. The van der Waals surface area contributed by atoms with E-state index < -0.39 is 0 Å². The Balaban J connectivity index is 1.43. The van der Waals surface area contributed by atoms with E-state index in [9.17, 15) is 4.79 Å². The van der Waals surface area contributed by atoms with Gasteiger partial charge in [0.2, 0.25) is 5.91 Å². The Hall–Kier alpha value is -1.75. The highest BCUT2D eigenvalue weighted by Crippen LogP contribution is 2.40. The molecular weight excluding hydrogens is 290 g/mol. The molecule has 0 spiro atoms. The maximum Gasteiger partial charge on any atom is 0.249 e. The molecule has 2 fully saturated rings. The van der Waals surface area contributed by atoms with Crippen molar-refractivity contribution in [3.8, 4) is 0 Å². The molecule has 5 heteroatoms. The molecule has 0 bridgehead atoms. The second-order valence-electron chi connectivity index (χ2n) is 6.85. The van der Waals surface area contributed by atoms with Crippen molar-refractivity contribution in [1.82, 2.24) is 14.9 Å². The minimum Gasteiger partial charge on any atom is -0.367 e. The predicted molar refractivity (Wildman–Crippen MR) is 85.6 cm³/mol. The highest BCUT2D eigenvalue weighted by atomic mass is 16.5. The van der Waals surface area contributed by atoms with Crippen LogP contribution in [-0.2, 0) is 9.53 Å². The fraction of sp³-hybridized carbons (Fsp3) is 0.611. The number of amides is 1. The monoisotopic (exact) mass is 313 g/mol. The van der Waals surface area contributed by atoms with Crippen molar-refractivity contribution in [2.45, 2.75) is 51.2 Å². The predicted octanol–water partition coefficient (Wildman–Crippen LogP) is 2.57. The average molecular weight is 313 g/mol. The summed E-state index contributed by atoms with van der Waals surface area (Å²) < 4.78 is 6.25. The first kappa shape index (κ1) is 14.8. The van der Waals surface area contributed by atoms with Gasteiger partial charge in [0.05, 0.1) is 11.8 Å². The van der Waals surface area contributed by atoms with Crippen LogP contribution in [0.15, 0.2) is 23.9 Å². The summed E-state index contributed by atoms with van der Waals surface area (Å²) in [6.45, 7) is 3.48. The van der Waals surface area contributed by atoms with Crippen molar-refractivity contribution < 1.29 is 9.53 Å². The summed E-state index contributed by atoms with van der Waals surface area (Å²) in [7, 11) is 0. The molecule has 0 radical (unpaired) electrons. The molecule has 0 aromatic carbocycles. The summed E-state index contributed by atoms with van der Waals surface area (Å²) in [6.07, 6.45) is 9.24. The van der Waals surface area contributed by atoms with Crippen molar-refractivity contribution in [3.05, 3.63) is 35.4 Å². The number of carbonyl (C=O) groups is 1. The minimum absolute atomic E-state index is 0.0486. The van der Waals surface area contributed by atoms with Gasteiger partial charge in [-0.3, -0.25) is 4.79 Å². The van der Waals surface area contributed by atoms with E-state index in [1.807, 2.05) is 17.9 Å². The van der Waals surface area contributed by atoms with Crippen molar-refractivity contribution in [2.75, 3.05) is 13.1 Å². The van der Waals surface area contributed by atoms with Crippen molar-refractivity contribution in [2.24, 2.45) is 5.92 Å². The summed E-state index contributed by atoms with van der Waals surface area (Å²) in [5.41, 5.74) is 1.98. The van der Waals surface area contributed by atoms with E-state index in [1.54, 1.807) is 6.20 Å². The molecular formula is C18H23N3O2. The van der Waals surface area contributed by atoms with E-state index >= 15 is 0 Å². The molecule has 0 unspecified atom stereocenters. The van der Waals surface area contributed by atoms with Gasteiger partial charge in [0.15, 0.2) is 0 Å². The zero-order valence-corrected chi connectivity index (χ0v) is 13.6. The largest absolute Gasteiger partial charge is 0.367 e. The molecule has 3 heterocycles. The third kappa shape index (κ3) is 2.90. The molecule has 3 aliphatic rings. The number of fused-ring (bicyclic) bond motifs is 1. The molecule has 23 heavy (non-hydrogen) atoms. The number of rotatable bonds is 2. The van der Waals surface area contributed by atoms with Gasteiger partial charge in [0.25, 0.3) is 0 Å². The molecule has 0 N–H and O–H groups in total. The third-order valence-corrected chi connectivity index (χ3v) is 5.28. The van der Waals surface area contributed by atoms with Crippen LogP contribution in [-0.4, -0.2) is 40.0 Å². The second-order valence-corrected chi connectivity index (χ2v) is 6.85. The molecule has 122 valence electrons. The molecule has 1 aliphatic carbocycles. The number of piperidine rings is 1. The SMILES string of the molecule is Cc1nccc([C@@H]2C[C@@H]3CCN(C(=O)C4=CCCC4)C[C@H]3O2)n1. The topological polar surface area (TPSA) is 55.3 Å². The lowest BCUT2D eigenvalue weighted by molar-refractivity contribution is -0.131. The van der Waals surface area contributed by atoms with E-state index in [1.165, 1.54) is 0 Å². The Morgan fingerprint density at radius 3 is 3.13 bits per heavy atom. The highest BCUT2D eigenvalue weighted by molar-refractivity contribution is 5.93. The smallest absolute Gasteiger partial charge is 0.249 e. The van der Waals surface area contributed by atoms with Gasteiger partial charge in [-0.1, -0.05) is 6.08 Å². The first-order valence-corrected chi connectivity index (χ1v) is 8.64. The van der Waals surface area contributed by atoms with Gasteiger partial charge in [-0.05, 0) is 51.0 Å². The molecule has 1 aromatic heterocycles. The molecule has 1 aromatic rings. The molecule has 1 amide bonds. The van der Waals surface area contributed by atoms with Crippen LogP contribution in [0.5, 0.6) is 0 Å². The van der Waals surface area contributed by atoms with Crippen LogP contribution in [0.1, 0.15) is 49.7 Å². The van der Waals surface area contributed by atoms with E-state index in [2.05, 4.69) is 16.0 Å². The molecule has 3 atom stereocenters. The van der Waals surface area contributed by atoms with Crippen LogP contribution in [0, 0.1) is 12.8 Å². The number of nitrogens with zero attached hydrogens (tertiary/aromatic N) is 3. The first-order chi connectivity index (χ1) is 11.2. The van der Waals surface area contributed by atoms with Crippen molar-refractivity contribution in [3.63, 3.8) is 0 Å². The molecule has 2 aliphatic heterocycles. The van der Waals surface area contributed by atoms with Gasteiger partial charge in [-0.2, -0.15) is 0 Å². The van der Waals surface area contributed by atoms with Gasteiger partial charge >= 0.3 is 0 Å². The first-order valence-electron chi connectivity index (χ1n) is 8.64. The highest BCUT2D eigenvalue weighted by Gasteiger charge is 2.41. The van der Waals surface area contributed by atoms with Gasteiger partial charge in [0, 0.05) is 24.9 Å². The van der Waals surface area contributed by atoms with Crippen LogP contribution >= 0.6 is 0 Å². The quantitative estimate of drug-likeness (QED) is 0.842. The summed E-state index contributed by atoms with van der Waals surface area (Å²) in [5.74, 6) is 1.55. The van der Waals surface area contributed by atoms with Crippen LogP contribution in [0.25, 0.3) is 0 Å². The lowest BCUT2D eigenvalue weighted by Gasteiger charge is -2.34. The Bertz CT molecular complexity index is 643. The molecule has 0 saturated carbocycles. The number of aryl methyl sites for hydroxylation is 1. The fourth-order valence-corrected chi connectivity index (χ4v) is 4.03. The van der Waals surface area contributed by atoms with Crippen LogP contribution < -0.4 is 0 Å². The normalized spacial score (nSPS) is 30.2. The third-order valence-electron chi connectivity index (χ3n) is 5.28. The van der Waals surface area contributed by atoms with Gasteiger partial charge in [-0.15, -0.1) is 0 Å². The maximum absolute atomic E-state index is 12.6. The maximum atomic E-state index is 12.6. The number of allylic oxidation sites excluding steroid dienone is 1. The fourth-order valence-electron chi connectivity index (χ4n) is 4.03. The number of hydrogen-bond acceptors (Lipinski definition) is 4. The number of aromatic nitrogens is 2. The van der Waals surface area contributed by atoms with Crippen molar-refractivity contribution in [1.29, 1.82) is 0 Å². The molecule has 5 nitrogen and oxygen atoms in total. The Morgan fingerprint density at radius 1 is 1.43 bits per heavy atom. The number of likely N-dealkylation sites (tertiary alicyclic amines) is 1. The van der Waals surface area contributed by atoms with Gasteiger partial charge in [0.1, 0.15) is 11.9 Å². The molecule has 4 rings (SSSR count). The number of hydrogen-bond donors (Lipinski definition) is 0. The van der Waals surface area contributed by atoms with Crippen LogP contribution in [0.2, 0.25) is 0 Å². The summed E-state index contributed by atoms with van der Waals surface area (Å²) in [5, 5.41) is 0. The van der Waals surface area contributed by atoms with E-state index in [4.69, 9.17) is 4.74 Å². The van der Waals surface area contributed by atoms with Crippen LogP contribution in [0.3, 0.4) is 0 Å². The van der Waals surface area contributed by atoms with E-state index in [0.717, 1.165) is 62.3 Å². The standard InChI is InChI=1S/C18H23N3O2/c1-12-19-8-6-15(20-12)16-10-14-7-9-21(11-17(14)23-16)18(22)13-4-2-3-5-13/h4,6,8,14,16-17H,2-3,5,7,9-11H2,1H3/t14-,16-,17+/m0/s1. The summed E-state index contributed by atoms with van der Waals surface area (Å²) in [4.78, 5) is 23.2. The Kier molecular flexibility index (Phi) is 3.89. The average Bonchev–Trinajstić information content (AvgIpc) is 3.23. The minimum atomic E-state index is 0.0486. The number of ether oxygens (including phenoxy) is 1. The lowest BCUT2D eigenvalue weighted by atomic mass is 9.91. The zero-order valence-electron chi connectivity index (χ0n) is 13.6. The lowest BCUT2D eigenvalue weighted by Crippen LogP contribution is -2.45. The van der Waals surface area contributed by atoms with E-state index in [-0.39, 0.29) is 18.1 Å². The Morgan fingerprint density at radius 2 is 2.35 bits per heavy atom. The van der Waals surface area contributed by atoms with Gasteiger partial charge in [-0.25, -0.2) is 9.97 Å². The summed E-state index contributed by atoms with van der Waals surface area (Å²) >= 11 is 0. The molecule has 2 saturated heterocycles. The Labute approximate surface area is 136 Å². The van der Waals surface area contributed by atoms with Gasteiger partial charge < -0.3 is 9.64 Å². The van der Waals surface area contributed by atoms with E-state index in [0.29, 0.717) is 5.92 Å². The van der Waals surface area contributed by atoms with Crippen molar-refractivity contribution >= 4 is 5.91 Å².